The van der Waals surface area contributed by atoms with Crippen LogP contribution in [0.15, 0.2) is 249 Å². The lowest BCUT2D eigenvalue weighted by Crippen LogP contribution is -2.10. The first-order valence-corrected chi connectivity index (χ1v) is 21.6. The summed E-state index contributed by atoms with van der Waals surface area (Å²) in [7, 11) is 0. The molecule has 0 bridgehead atoms. The fourth-order valence-electron chi connectivity index (χ4n) is 9.64. The number of anilines is 3. The highest BCUT2D eigenvalue weighted by molar-refractivity contribution is 6.16. The first-order valence-electron chi connectivity index (χ1n) is 21.6. The van der Waals surface area contributed by atoms with Crippen LogP contribution in [0.3, 0.4) is 0 Å². The van der Waals surface area contributed by atoms with Crippen LogP contribution in [0.5, 0.6) is 0 Å². The topological polar surface area (TPSA) is 13.1 Å². The average molecular weight is 804 g/mol. The summed E-state index contributed by atoms with van der Waals surface area (Å²) in [6, 6.07) is 90.1. The lowest BCUT2D eigenvalue weighted by atomic mass is 9.98. The van der Waals surface area contributed by atoms with Crippen molar-refractivity contribution in [2.75, 3.05) is 4.90 Å². The molecule has 0 fully saturated rings. The Balaban J connectivity index is 1.02. The third kappa shape index (κ3) is 6.29. The van der Waals surface area contributed by atoms with Crippen LogP contribution < -0.4 is 4.90 Å². The molecule has 12 aromatic rings. The van der Waals surface area contributed by atoms with Gasteiger partial charge in [-0.05, 0) is 118 Å². The van der Waals surface area contributed by atoms with Gasteiger partial charge in [-0.3, -0.25) is 0 Å². The van der Waals surface area contributed by atoms with E-state index in [2.05, 4.69) is 263 Å². The fourth-order valence-corrected chi connectivity index (χ4v) is 9.64. The van der Waals surface area contributed by atoms with Crippen LogP contribution in [-0.2, 0) is 0 Å². The predicted octanol–water partition coefficient (Wildman–Crippen LogP) is 16.4. The number of fused-ring (bicyclic) bond motifs is 6. The molecule has 63 heavy (non-hydrogen) atoms. The number of para-hydroxylation sites is 4. The second-order valence-electron chi connectivity index (χ2n) is 16.2. The Morgan fingerprint density at radius 2 is 0.714 bits per heavy atom. The Hall–Kier alpha value is -8.40. The minimum atomic E-state index is 1.08. The van der Waals surface area contributed by atoms with E-state index in [4.69, 9.17) is 0 Å². The highest BCUT2D eigenvalue weighted by Crippen LogP contribution is 2.43. The zero-order chi connectivity index (χ0) is 41.7. The van der Waals surface area contributed by atoms with Crippen LogP contribution >= 0.6 is 0 Å². The van der Waals surface area contributed by atoms with E-state index in [1.165, 1.54) is 65.9 Å². The number of benzene rings is 10. The molecule has 12 rings (SSSR count). The SMILES string of the molecule is c1ccc(-c2ccc(N(c3cccc(-c4ccc5c6ccccc6n(-c6ccccc6)c5c4)c3)c3cccc(-c4cccc5c4c4ccccc4n5-c4ccccc4)c3)cc2)cc1. The largest absolute Gasteiger partial charge is 0.310 e. The molecule has 296 valence electrons. The van der Waals surface area contributed by atoms with Crippen molar-refractivity contribution in [2.24, 2.45) is 0 Å². The molecule has 0 unspecified atom stereocenters. The van der Waals surface area contributed by atoms with Crippen LogP contribution in [0.25, 0.3) is 88.4 Å². The molecule has 0 amide bonds. The van der Waals surface area contributed by atoms with Gasteiger partial charge in [0.25, 0.3) is 0 Å². The fraction of sp³-hybridized carbons (Fsp3) is 0. The predicted molar refractivity (Wildman–Crippen MR) is 266 cm³/mol. The average Bonchev–Trinajstić information content (AvgIpc) is 3.88. The molecule has 2 heterocycles. The molecule has 0 saturated heterocycles. The van der Waals surface area contributed by atoms with Crippen molar-refractivity contribution >= 4 is 60.7 Å². The van der Waals surface area contributed by atoms with Crippen molar-refractivity contribution in [3.05, 3.63) is 249 Å². The standard InChI is InChI=1S/C60H41N3/c1-4-17-42(18-5-1)43-33-36-49(37-34-43)61(50-25-14-19-44(39-50)45-35-38-54-53-27-10-12-30-56(53)63(59(54)41-45)48-23-8-3-9-24-48)51-26-15-20-46(40-51)52-29-16-32-58-60(52)55-28-11-13-31-57(55)62(58)47-21-6-2-7-22-47/h1-41H. The Bertz CT molecular complexity index is 3600. The maximum absolute atomic E-state index is 2.40. The summed E-state index contributed by atoms with van der Waals surface area (Å²) >= 11 is 0. The van der Waals surface area contributed by atoms with Crippen molar-refractivity contribution < 1.29 is 0 Å². The zero-order valence-corrected chi connectivity index (χ0v) is 34.5. The van der Waals surface area contributed by atoms with Gasteiger partial charge in [-0.25, -0.2) is 0 Å². The molecular formula is C60H41N3. The monoisotopic (exact) mass is 803 g/mol. The van der Waals surface area contributed by atoms with E-state index >= 15 is 0 Å². The van der Waals surface area contributed by atoms with E-state index in [0.717, 1.165) is 39.6 Å². The van der Waals surface area contributed by atoms with Gasteiger partial charge in [-0.2, -0.15) is 0 Å². The van der Waals surface area contributed by atoms with E-state index in [1.807, 2.05) is 0 Å². The Morgan fingerprint density at radius 3 is 1.41 bits per heavy atom. The van der Waals surface area contributed by atoms with E-state index in [1.54, 1.807) is 0 Å². The number of aromatic nitrogens is 2. The van der Waals surface area contributed by atoms with Gasteiger partial charge in [0.1, 0.15) is 0 Å². The minimum Gasteiger partial charge on any atom is -0.310 e. The third-order valence-corrected chi connectivity index (χ3v) is 12.5. The van der Waals surface area contributed by atoms with E-state index in [0.29, 0.717) is 0 Å². The smallest absolute Gasteiger partial charge is 0.0547 e. The Labute approximate surface area is 366 Å². The molecule has 10 aromatic carbocycles. The van der Waals surface area contributed by atoms with E-state index in [9.17, 15) is 0 Å². The summed E-state index contributed by atoms with van der Waals surface area (Å²) < 4.78 is 4.78. The van der Waals surface area contributed by atoms with Crippen molar-refractivity contribution in [1.29, 1.82) is 0 Å². The third-order valence-electron chi connectivity index (χ3n) is 12.5. The van der Waals surface area contributed by atoms with Gasteiger partial charge in [0, 0.05) is 50.0 Å². The summed E-state index contributed by atoms with van der Waals surface area (Å²) in [5, 5.41) is 4.98. The first-order chi connectivity index (χ1) is 31.3. The first kappa shape index (κ1) is 36.5. The van der Waals surface area contributed by atoms with Gasteiger partial charge < -0.3 is 14.0 Å². The second-order valence-corrected chi connectivity index (χ2v) is 16.2. The highest BCUT2D eigenvalue weighted by atomic mass is 15.1. The summed E-state index contributed by atoms with van der Waals surface area (Å²) in [5.41, 5.74) is 17.4. The molecule has 0 aliphatic rings. The summed E-state index contributed by atoms with van der Waals surface area (Å²) in [4.78, 5) is 2.40. The summed E-state index contributed by atoms with van der Waals surface area (Å²) in [6.45, 7) is 0. The molecule has 0 atom stereocenters. The Kier molecular flexibility index (Phi) is 8.83. The normalized spacial score (nSPS) is 11.5. The summed E-state index contributed by atoms with van der Waals surface area (Å²) in [6.07, 6.45) is 0. The van der Waals surface area contributed by atoms with Crippen LogP contribution in [0.2, 0.25) is 0 Å². The number of nitrogens with zero attached hydrogens (tertiary/aromatic N) is 3. The molecule has 0 spiro atoms. The molecule has 0 radical (unpaired) electrons. The van der Waals surface area contributed by atoms with Crippen LogP contribution in [0.1, 0.15) is 0 Å². The van der Waals surface area contributed by atoms with Crippen LogP contribution in [0, 0.1) is 0 Å². The van der Waals surface area contributed by atoms with Crippen LogP contribution in [-0.4, -0.2) is 9.13 Å². The molecule has 0 aliphatic carbocycles. The van der Waals surface area contributed by atoms with Crippen molar-refractivity contribution in [2.45, 2.75) is 0 Å². The maximum atomic E-state index is 2.40. The number of rotatable bonds is 8. The quantitative estimate of drug-likeness (QED) is 0.149. The van der Waals surface area contributed by atoms with Gasteiger partial charge in [-0.15, -0.1) is 0 Å². The van der Waals surface area contributed by atoms with Crippen LogP contribution in [0.4, 0.5) is 17.1 Å². The molecule has 3 nitrogen and oxygen atoms in total. The van der Waals surface area contributed by atoms with Crippen molar-refractivity contribution in [3.63, 3.8) is 0 Å². The number of hydrogen-bond donors (Lipinski definition) is 0. The molecule has 2 aromatic heterocycles. The van der Waals surface area contributed by atoms with Gasteiger partial charge in [0.05, 0.1) is 22.1 Å². The number of hydrogen-bond acceptors (Lipinski definition) is 1. The van der Waals surface area contributed by atoms with Gasteiger partial charge >= 0.3 is 0 Å². The molecule has 0 N–H and O–H groups in total. The highest BCUT2D eigenvalue weighted by Gasteiger charge is 2.19. The van der Waals surface area contributed by atoms with Gasteiger partial charge in [0.2, 0.25) is 0 Å². The van der Waals surface area contributed by atoms with Crippen molar-refractivity contribution in [3.8, 4) is 44.8 Å². The maximum Gasteiger partial charge on any atom is 0.0547 e. The summed E-state index contributed by atoms with van der Waals surface area (Å²) in [5.74, 6) is 0. The van der Waals surface area contributed by atoms with E-state index < -0.39 is 0 Å². The zero-order valence-electron chi connectivity index (χ0n) is 34.5. The minimum absolute atomic E-state index is 1.08. The second kappa shape index (κ2) is 15.3. The molecule has 0 aliphatic heterocycles. The molecule has 0 saturated carbocycles. The lowest BCUT2D eigenvalue weighted by molar-refractivity contribution is 1.18. The molecule has 3 heteroatoms. The van der Waals surface area contributed by atoms with Gasteiger partial charge in [0.15, 0.2) is 0 Å². The lowest BCUT2D eigenvalue weighted by Gasteiger charge is -2.27. The Morgan fingerprint density at radius 1 is 0.254 bits per heavy atom. The van der Waals surface area contributed by atoms with Crippen molar-refractivity contribution in [1.82, 2.24) is 9.13 Å². The van der Waals surface area contributed by atoms with Gasteiger partial charge in [-0.1, -0.05) is 164 Å². The molecular weight excluding hydrogens is 763 g/mol. The van der Waals surface area contributed by atoms with E-state index in [-0.39, 0.29) is 0 Å².